The number of hydrogen-bond acceptors (Lipinski definition) is 20. The number of fused-ring (bicyclic) bond motifs is 5. The Hall–Kier alpha value is -5.44. The summed E-state index contributed by atoms with van der Waals surface area (Å²) in [7, 11) is 0. The van der Waals surface area contributed by atoms with Gasteiger partial charge < -0.3 is 57.6 Å². The lowest BCUT2D eigenvalue weighted by Gasteiger charge is -2.67. The van der Waals surface area contributed by atoms with E-state index < -0.39 is 131 Å². The van der Waals surface area contributed by atoms with Crippen LogP contribution in [-0.2, 0) is 61.9 Å². The average molecular weight is 832 g/mol. The van der Waals surface area contributed by atoms with Crippen LogP contribution in [-0.4, -0.2) is 134 Å². The highest BCUT2D eigenvalue weighted by Crippen LogP contribution is 2.70. The number of hydrogen-bond donors (Lipinski definition) is 3. The summed E-state index contributed by atoms with van der Waals surface area (Å²) >= 11 is 0. The third-order valence-electron chi connectivity index (χ3n) is 12.0. The highest BCUT2D eigenvalue weighted by Gasteiger charge is 2.91. The summed E-state index contributed by atoms with van der Waals surface area (Å²) in [5.74, 6) is -10.9. The third kappa shape index (κ3) is 6.61. The maximum Gasteiger partial charge on any atom is 0.341 e. The first-order chi connectivity index (χ1) is 27.5. The molecule has 59 heavy (non-hydrogen) atoms. The van der Waals surface area contributed by atoms with E-state index in [1.54, 1.807) is 0 Å². The average Bonchev–Trinajstić information content (AvgIpc) is 3.76. The molecule has 2 aliphatic carbocycles. The lowest BCUT2D eigenvalue weighted by atomic mass is 9.45. The van der Waals surface area contributed by atoms with Gasteiger partial charge in [-0.15, -0.1) is 0 Å². The normalized spacial score (nSPS) is 38.7. The monoisotopic (exact) mass is 831 g/mol. The largest absolute Gasteiger partial charge is 0.472 e. The minimum atomic E-state index is -2.94. The van der Waals surface area contributed by atoms with E-state index in [1.807, 2.05) is 0 Å². The van der Waals surface area contributed by atoms with Gasteiger partial charge in [-0.05, 0) is 38.5 Å². The molecule has 0 aromatic carbocycles. The molecule has 4 heterocycles. The molecule has 2 aromatic heterocycles. The number of esters is 7. The summed E-state index contributed by atoms with van der Waals surface area (Å²) in [5, 5.41) is 37.5. The molecule has 3 N–H and O–H groups in total. The van der Waals surface area contributed by atoms with Crippen molar-refractivity contribution in [3.05, 3.63) is 53.7 Å². The smallest absolute Gasteiger partial charge is 0.341 e. The van der Waals surface area contributed by atoms with Gasteiger partial charge in [-0.1, -0.05) is 6.92 Å². The van der Waals surface area contributed by atoms with Crippen molar-refractivity contribution in [2.45, 2.75) is 120 Å². The number of carbonyl (C=O) groups excluding carboxylic acids is 7. The Bertz CT molecular complexity index is 2050. The Morgan fingerprint density at radius 3 is 2.10 bits per heavy atom. The minimum Gasteiger partial charge on any atom is -0.472 e. The summed E-state index contributed by atoms with van der Waals surface area (Å²) < 4.78 is 53.2. The number of aliphatic hydroxyl groups is 3. The molecule has 20 nitrogen and oxygen atoms in total. The SMILES string of the molecule is CC(=O)OC[C@@]12[C@H](OC(C)=O)[C@H](OC(=O)c3ccoc3)[C@H]3[C@H](OC(C)=O)[C@@]14O[C@@]3(C)COC(=O)c1cnccc1[C@H](C)[C@@](C)(O)C(=O)O[C@@H]([C@H](O)[C@@H]2OC(C)=O)[C@@]4(C)O. The van der Waals surface area contributed by atoms with Crippen LogP contribution in [0.3, 0.4) is 0 Å². The number of carbonyl (C=O) groups is 7. The van der Waals surface area contributed by atoms with Crippen LogP contribution in [0, 0.1) is 11.3 Å². The predicted molar refractivity (Wildman–Crippen MR) is 189 cm³/mol. The Morgan fingerprint density at radius 1 is 0.881 bits per heavy atom. The van der Waals surface area contributed by atoms with Crippen molar-refractivity contribution in [3.8, 4) is 0 Å². The first kappa shape index (κ1) is 43.1. The van der Waals surface area contributed by atoms with E-state index in [9.17, 15) is 48.9 Å². The van der Waals surface area contributed by atoms with E-state index in [2.05, 4.69) is 4.98 Å². The molecular formula is C39H45NO19. The molecular weight excluding hydrogens is 786 g/mol. The minimum absolute atomic E-state index is 0.0606. The highest BCUT2D eigenvalue weighted by molar-refractivity contribution is 5.92. The van der Waals surface area contributed by atoms with Gasteiger partial charge in [0.25, 0.3) is 0 Å². The van der Waals surface area contributed by atoms with Gasteiger partial charge in [0.2, 0.25) is 0 Å². The molecule has 320 valence electrons. The fourth-order valence-corrected chi connectivity index (χ4v) is 9.39. The van der Waals surface area contributed by atoms with E-state index in [4.69, 9.17) is 42.3 Å². The van der Waals surface area contributed by atoms with Gasteiger partial charge in [0.05, 0.1) is 23.3 Å². The molecule has 0 radical (unpaired) electrons. The molecule has 3 fully saturated rings. The number of cyclic esters (lactones) is 1. The van der Waals surface area contributed by atoms with Crippen molar-refractivity contribution < 1.29 is 91.2 Å². The van der Waals surface area contributed by atoms with Crippen molar-refractivity contribution in [1.82, 2.24) is 4.98 Å². The molecule has 4 bridgehead atoms. The molecule has 1 spiro atoms. The van der Waals surface area contributed by atoms with E-state index in [-0.39, 0.29) is 16.7 Å². The van der Waals surface area contributed by atoms with Crippen molar-refractivity contribution in [1.29, 1.82) is 0 Å². The molecule has 0 amide bonds. The van der Waals surface area contributed by atoms with Crippen LogP contribution in [0.15, 0.2) is 41.5 Å². The van der Waals surface area contributed by atoms with Crippen molar-refractivity contribution in [2.75, 3.05) is 13.2 Å². The number of rotatable bonds is 7. The van der Waals surface area contributed by atoms with Crippen LogP contribution in [0.5, 0.6) is 0 Å². The summed E-state index contributed by atoms with van der Waals surface area (Å²) in [5.41, 5.74) is -13.5. The zero-order chi connectivity index (χ0) is 43.6. The van der Waals surface area contributed by atoms with E-state index in [0.717, 1.165) is 60.3 Å². The number of furan rings is 1. The lowest BCUT2D eigenvalue weighted by Crippen LogP contribution is -2.89. The van der Waals surface area contributed by atoms with Crippen LogP contribution >= 0.6 is 0 Å². The maximum absolute atomic E-state index is 14.3. The lowest BCUT2D eigenvalue weighted by molar-refractivity contribution is -0.387. The van der Waals surface area contributed by atoms with Gasteiger partial charge in [0.1, 0.15) is 60.5 Å². The summed E-state index contributed by atoms with van der Waals surface area (Å²) in [6, 6.07) is 2.58. The number of nitrogens with zero attached hydrogens (tertiary/aromatic N) is 1. The van der Waals surface area contributed by atoms with Crippen LogP contribution in [0.25, 0.3) is 0 Å². The number of aliphatic hydroxyl groups excluding tert-OH is 1. The number of ether oxygens (including phenoxy) is 8. The zero-order valence-electron chi connectivity index (χ0n) is 33.3. The summed E-state index contributed by atoms with van der Waals surface area (Å²) in [6.45, 7) is 6.66. The van der Waals surface area contributed by atoms with E-state index >= 15 is 0 Å². The molecule has 6 rings (SSSR count). The Kier molecular flexibility index (Phi) is 11.0. The van der Waals surface area contributed by atoms with Crippen molar-refractivity contribution in [2.24, 2.45) is 11.3 Å². The fraction of sp³-hybridized carbons (Fsp3) is 0.590. The first-order valence-electron chi connectivity index (χ1n) is 18.5. The first-order valence-corrected chi connectivity index (χ1v) is 18.5. The van der Waals surface area contributed by atoms with Crippen molar-refractivity contribution >= 4 is 41.8 Å². The Morgan fingerprint density at radius 2 is 1.51 bits per heavy atom. The molecule has 4 aliphatic rings. The molecule has 1 saturated heterocycles. The van der Waals surface area contributed by atoms with Gasteiger partial charge in [0.15, 0.2) is 23.4 Å². The second kappa shape index (κ2) is 15.0. The predicted octanol–water partition coefficient (Wildman–Crippen LogP) is 0.465. The van der Waals surface area contributed by atoms with Crippen LogP contribution in [0.2, 0.25) is 0 Å². The second-order valence-electron chi connectivity index (χ2n) is 15.8. The fourth-order valence-electron chi connectivity index (χ4n) is 9.39. The third-order valence-corrected chi connectivity index (χ3v) is 12.0. The Labute approximate surface area is 336 Å². The molecule has 2 aliphatic heterocycles. The molecule has 2 aromatic rings. The van der Waals surface area contributed by atoms with Gasteiger partial charge in [0, 0.05) is 46.0 Å². The second-order valence-corrected chi connectivity index (χ2v) is 15.8. The van der Waals surface area contributed by atoms with Crippen LogP contribution in [0.4, 0.5) is 0 Å². The molecule has 0 unspecified atom stereocenters. The van der Waals surface area contributed by atoms with Gasteiger partial charge in [-0.25, -0.2) is 14.4 Å². The highest BCUT2D eigenvalue weighted by atomic mass is 16.7. The van der Waals surface area contributed by atoms with Crippen LogP contribution in [0.1, 0.15) is 87.6 Å². The van der Waals surface area contributed by atoms with E-state index in [1.165, 1.54) is 32.2 Å². The quantitative estimate of drug-likeness (QED) is 0.252. The molecule has 2 saturated carbocycles. The van der Waals surface area contributed by atoms with E-state index in [0.29, 0.717) is 0 Å². The summed E-state index contributed by atoms with van der Waals surface area (Å²) in [4.78, 5) is 98.8. The standard InChI is InChI=1S/C39H45NO19/c1-17-23-9-11-40-13-24(23)33(47)53-15-35(6)25-27(57-32(46)22-10-12-51-14-22)31(56-21(5)44)38(16-52-18(2)41)30(55-20(4)43)26(45)29(58-34(48)36(17,7)49)37(8,50)39(38,59-35)28(25)54-19(3)42/h9-14,17,25-31,45,49-50H,15-16H2,1-8H3/t17-,25-,26-,27+,28-,29-,30-,31+,35-,36+,37+,38+,39-/m0/s1. The number of aromatic nitrogens is 1. The zero-order valence-corrected chi connectivity index (χ0v) is 33.3. The van der Waals surface area contributed by atoms with Crippen LogP contribution < -0.4 is 0 Å². The van der Waals surface area contributed by atoms with Gasteiger partial charge >= 0.3 is 41.8 Å². The van der Waals surface area contributed by atoms with Gasteiger partial charge in [-0.3, -0.25) is 24.2 Å². The molecule has 13 atom stereocenters. The topological polar surface area (TPSA) is 280 Å². The van der Waals surface area contributed by atoms with Gasteiger partial charge in [-0.2, -0.15) is 0 Å². The summed E-state index contributed by atoms with van der Waals surface area (Å²) in [6.07, 6.45) is -8.35. The maximum atomic E-state index is 14.3. The Balaban J connectivity index is 1.76. The molecule has 20 heteroatoms. The number of pyridine rings is 1. The van der Waals surface area contributed by atoms with Crippen molar-refractivity contribution in [3.63, 3.8) is 0 Å².